The van der Waals surface area contributed by atoms with Crippen molar-refractivity contribution in [1.29, 1.82) is 0 Å². The van der Waals surface area contributed by atoms with Crippen LogP contribution in [0.5, 0.6) is 0 Å². The monoisotopic (exact) mass is 319 g/mol. The lowest BCUT2D eigenvalue weighted by Gasteiger charge is -2.08. The normalized spacial score (nSPS) is 12.8. The van der Waals surface area contributed by atoms with Gasteiger partial charge in [0, 0.05) is 19.2 Å². The summed E-state index contributed by atoms with van der Waals surface area (Å²) in [6.45, 7) is 1.05. The van der Waals surface area contributed by atoms with Crippen molar-refractivity contribution in [2.45, 2.75) is 26.0 Å². The topological polar surface area (TPSA) is 57.0 Å². The van der Waals surface area contributed by atoms with E-state index in [2.05, 4.69) is 9.97 Å². The number of imidazole rings is 1. The first kappa shape index (κ1) is 14.6. The number of ether oxygens (including phenoxy) is 1. The van der Waals surface area contributed by atoms with Gasteiger partial charge in [-0.1, -0.05) is 36.4 Å². The Morgan fingerprint density at radius 1 is 1.12 bits per heavy atom. The number of hydrogen-bond donors (Lipinski definition) is 0. The molecule has 0 spiro atoms. The fourth-order valence-electron chi connectivity index (χ4n) is 3.01. The lowest BCUT2D eigenvalue weighted by molar-refractivity contribution is 0.0461. The van der Waals surface area contributed by atoms with Crippen LogP contribution in [0.25, 0.3) is 11.4 Å². The van der Waals surface area contributed by atoms with E-state index in [-0.39, 0.29) is 12.6 Å². The molecular weight excluding hydrogens is 302 g/mol. The van der Waals surface area contributed by atoms with Crippen molar-refractivity contribution in [1.82, 2.24) is 14.5 Å². The minimum absolute atomic E-state index is 0.252. The van der Waals surface area contributed by atoms with Gasteiger partial charge in [-0.3, -0.25) is 4.98 Å². The summed E-state index contributed by atoms with van der Waals surface area (Å²) in [6.07, 6.45) is 3.59. The van der Waals surface area contributed by atoms with Crippen LogP contribution in [-0.4, -0.2) is 20.5 Å². The van der Waals surface area contributed by atoms with E-state index < -0.39 is 0 Å². The van der Waals surface area contributed by atoms with E-state index in [0.717, 1.165) is 30.8 Å². The molecule has 0 atom stereocenters. The van der Waals surface area contributed by atoms with Crippen LogP contribution in [0.3, 0.4) is 0 Å². The molecule has 5 nitrogen and oxygen atoms in total. The van der Waals surface area contributed by atoms with Crippen molar-refractivity contribution >= 4 is 5.97 Å². The van der Waals surface area contributed by atoms with Crippen LogP contribution >= 0.6 is 0 Å². The second kappa shape index (κ2) is 6.28. The molecule has 0 bridgehead atoms. The lowest BCUT2D eigenvalue weighted by atomic mass is 10.2. The van der Waals surface area contributed by atoms with Crippen LogP contribution in [0, 0.1) is 0 Å². The summed E-state index contributed by atoms with van der Waals surface area (Å²) < 4.78 is 7.50. The molecule has 5 heteroatoms. The SMILES string of the molecule is O=C(OCc1ccccc1)c1c(-c2ccccn2)nc2n1CCC2. The maximum absolute atomic E-state index is 12.7. The Bertz CT molecular complexity index is 857. The second-order valence-corrected chi connectivity index (χ2v) is 5.76. The van der Waals surface area contributed by atoms with Crippen molar-refractivity contribution in [3.63, 3.8) is 0 Å². The number of rotatable bonds is 4. The van der Waals surface area contributed by atoms with E-state index in [4.69, 9.17) is 4.74 Å². The fraction of sp³-hybridized carbons (Fsp3) is 0.211. The van der Waals surface area contributed by atoms with E-state index >= 15 is 0 Å². The smallest absolute Gasteiger partial charge is 0.357 e. The Labute approximate surface area is 139 Å². The maximum atomic E-state index is 12.7. The first-order valence-electron chi connectivity index (χ1n) is 8.05. The molecule has 0 amide bonds. The molecule has 0 unspecified atom stereocenters. The van der Waals surface area contributed by atoms with Crippen LogP contribution < -0.4 is 0 Å². The summed E-state index contributed by atoms with van der Waals surface area (Å²) in [7, 11) is 0. The number of carbonyl (C=O) groups is 1. The molecule has 2 aromatic heterocycles. The molecule has 24 heavy (non-hydrogen) atoms. The third-order valence-electron chi connectivity index (χ3n) is 4.14. The van der Waals surface area contributed by atoms with E-state index in [1.165, 1.54) is 0 Å². The van der Waals surface area contributed by atoms with Gasteiger partial charge in [0.15, 0.2) is 5.69 Å². The third-order valence-corrected chi connectivity index (χ3v) is 4.14. The average molecular weight is 319 g/mol. The number of nitrogens with zero attached hydrogens (tertiary/aromatic N) is 3. The second-order valence-electron chi connectivity index (χ2n) is 5.76. The molecule has 0 saturated carbocycles. The van der Waals surface area contributed by atoms with Crippen molar-refractivity contribution in [2.24, 2.45) is 0 Å². The minimum atomic E-state index is -0.347. The fourth-order valence-corrected chi connectivity index (χ4v) is 3.01. The summed E-state index contributed by atoms with van der Waals surface area (Å²) in [5, 5.41) is 0. The lowest BCUT2D eigenvalue weighted by Crippen LogP contribution is -2.12. The van der Waals surface area contributed by atoms with E-state index in [1.807, 2.05) is 53.1 Å². The van der Waals surface area contributed by atoms with Crippen molar-refractivity contribution in [3.05, 3.63) is 71.8 Å². The zero-order valence-corrected chi connectivity index (χ0v) is 13.2. The average Bonchev–Trinajstić information content (AvgIpc) is 3.22. The third kappa shape index (κ3) is 2.69. The van der Waals surface area contributed by atoms with Crippen molar-refractivity contribution < 1.29 is 9.53 Å². The number of benzene rings is 1. The first-order valence-corrected chi connectivity index (χ1v) is 8.05. The summed E-state index contributed by atoms with van der Waals surface area (Å²) in [5.74, 6) is 0.586. The van der Waals surface area contributed by atoms with Crippen LogP contribution in [0.2, 0.25) is 0 Å². The predicted octanol–water partition coefficient (Wildman–Crippen LogP) is 3.25. The Morgan fingerprint density at radius 2 is 1.96 bits per heavy atom. The Balaban J connectivity index is 1.65. The molecule has 0 fully saturated rings. The number of esters is 1. The largest absolute Gasteiger partial charge is 0.456 e. The molecule has 0 aliphatic carbocycles. The van der Waals surface area contributed by atoms with Gasteiger partial charge in [-0.25, -0.2) is 9.78 Å². The molecule has 0 N–H and O–H groups in total. The van der Waals surface area contributed by atoms with Gasteiger partial charge in [0.25, 0.3) is 0 Å². The molecule has 1 aliphatic heterocycles. The number of aryl methyl sites for hydroxylation is 1. The number of fused-ring (bicyclic) bond motifs is 1. The summed E-state index contributed by atoms with van der Waals surface area (Å²) in [5.41, 5.74) is 2.79. The number of pyridine rings is 1. The highest BCUT2D eigenvalue weighted by Gasteiger charge is 2.28. The maximum Gasteiger partial charge on any atom is 0.357 e. The quantitative estimate of drug-likeness (QED) is 0.693. The van der Waals surface area contributed by atoms with E-state index in [9.17, 15) is 4.79 Å². The first-order chi connectivity index (χ1) is 11.8. The highest BCUT2D eigenvalue weighted by Crippen LogP contribution is 2.27. The summed E-state index contributed by atoms with van der Waals surface area (Å²) >= 11 is 0. The van der Waals surface area contributed by atoms with E-state index in [0.29, 0.717) is 17.1 Å². The zero-order chi connectivity index (χ0) is 16.4. The van der Waals surface area contributed by atoms with Crippen LogP contribution in [-0.2, 0) is 24.3 Å². The van der Waals surface area contributed by atoms with Gasteiger partial charge in [0.2, 0.25) is 0 Å². The molecule has 1 aromatic carbocycles. The number of hydrogen-bond acceptors (Lipinski definition) is 4. The molecule has 0 radical (unpaired) electrons. The number of aromatic nitrogens is 3. The molecular formula is C19H17N3O2. The van der Waals surface area contributed by atoms with Crippen LogP contribution in [0.15, 0.2) is 54.7 Å². The van der Waals surface area contributed by atoms with Crippen LogP contribution in [0.1, 0.15) is 28.3 Å². The van der Waals surface area contributed by atoms with Crippen LogP contribution in [0.4, 0.5) is 0 Å². The summed E-state index contributed by atoms with van der Waals surface area (Å²) in [6, 6.07) is 15.3. The molecule has 4 rings (SSSR count). The molecule has 120 valence electrons. The molecule has 3 heterocycles. The van der Waals surface area contributed by atoms with Gasteiger partial charge >= 0.3 is 5.97 Å². The van der Waals surface area contributed by atoms with E-state index in [1.54, 1.807) is 6.20 Å². The Kier molecular flexibility index (Phi) is 3.83. The standard InChI is InChI=1S/C19H17N3O2/c23-19(24-13-14-7-2-1-3-8-14)18-17(15-9-4-5-11-20-15)21-16-10-6-12-22(16)18/h1-5,7-9,11H,6,10,12-13H2. The van der Waals surface area contributed by atoms with Gasteiger partial charge < -0.3 is 9.30 Å². The highest BCUT2D eigenvalue weighted by atomic mass is 16.5. The minimum Gasteiger partial charge on any atom is -0.456 e. The summed E-state index contributed by atoms with van der Waals surface area (Å²) in [4.78, 5) is 21.7. The number of carbonyl (C=O) groups excluding carboxylic acids is 1. The van der Waals surface area contributed by atoms with Gasteiger partial charge in [-0.05, 0) is 24.1 Å². The highest BCUT2D eigenvalue weighted by molar-refractivity contribution is 5.94. The zero-order valence-electron chi connectivity index (χ0n) is 13.2. The Morgan fingerprint density at radius 3 is 2.75 bits per heavy atom. The molecule has 3 aromatic rings. The van der Waals surface area contributed by atoms with Gasteiger partial charge in [0.05, 0.1) is 5.69 Å². The van der Waals surface area contributed by atoms with Gasteiger partial charge in [-0.15, -0.1) is 0 Å². The Hall–Kier alpha value is -2.95. The molecule has 0 saturated heterocycles. The predicted molar refractivity (Wildman–Crippen MR) is 89.3 cm³/mol. The van der Waals surface area contributed by atoms with Gasteiger partial charge in [0.1, 0.15) is 18.1 Å². The van der Waals surface area contributed by atoms with Crippen molar-refractivity contribution in [3.8, 4) is 11.4 Å². The van der Waals surface area contributed by atoms with Crippen molar-refractivity contribution in [2.75, 3.05) is 0 Å². The molecule has 1 aliphatic rings. The van der Waals surface area contributed by atoms with Gasteiger partial charge in [-0.2, -0.15) is 0 Å².